The van der Waals surface area contributed by atoms with E-state index < -0.39 is 0 Å². The highest BCUT2D eigenvalue weighted by Crippen LogP contribution is 2.50. The molecule has 130 valence electrons. The molecule has 0 bridgehead atoms. The van der Waals surface area contributed by atoms with Gasteiger partial charge in [0.2, 0.25) is 11.8 Å². The molecule has 2 aliphatic carbocycles. The monoisotopic (exact) mass is 337 g/mol. The first-order chi connectivity index (χ1) is 12.2. The maximum Gasteiger partial charge on any atom is 0.229 e. The second-order valence-electron chi connectivity index (χ2n) is 7.82. The van der Waals surface area contributed by atoms with Crippen LogP contribution in [0, 0.1) is 12.8 Å². The minimum absolute atomic E-state index is 0.00232. The molecule has 5 heteroatoms. The Balaban J connectivity index is 1.31. The molecule has 2 aromatic rings. The lowest BCUT2D eigenvalue weighted by Gasteiger charge is -2.22. The van der Waals surface area contributed by atoms with Crippen molar-refractivity contribution in [3.05, 3.63) is 47.1 Å². The zero-order valence-electron chi connectivity index (χ0n) is 14.5. The summed E-state index contributed by atoms with van der Waals surface area (Å²) in [4.78, 5) is 19.6. The summed E-state index contributed by atoms with van der Waals surface area (Å²) in [6, 6.07) is 8.55. The average Bonchev–Trinajstić information content (AvgIpc) is 3.51. The SMILES string of the molecule is Cc1cccc([C@@H]2C[C@H]2C(=O)N2CCC[C@H]2c2noc(C3CC3)n2)c1. The Morgan fingerprint density at radius 3 is 2.96 bits per heavy atom. The van der Waals surface area contributed by atoms with Crippen molar-refractivity contribution in [2.45, 2.75) is 56.9 Å². The smallest absolute Gasteiger partial charge is 0.229 e. The van der Waals surface area contributed by atoms with E-state index >= 15 is 0 Å². The molecule has 1 aromatic heterocycles. The molecule has 0 unspecified atom stereocenters. The molecule has 1 amide bonds. The lowest BCUT2D eigenvalue weighted by molar-refractivity contribution is -0.133. The van der Waals surface area contributed by atoms with Crippen LogP contribution in [0.5, 0.6) is 0 Å². The molecule has 3 aliphatic rings. The number of hydrogen-bond donors (Lipinski definition) is 0. The molecule has 3 fully saturated rings. The van der Waals surface area contributed by atoms with Gasteiger partial charge in [0.25, 0.3) is 0 Å². The molecule has 1 aliphatic heterocycles. The van der Waals surface area contributed by atoms with Crippen LogP contribution in [0.25, 0.3) is 0 Å². The van der Waals surface area contributed by atoms with Crippen molar-refractivity contribution in [1.29, 1.82) is 0 Å². The Bertz CT molecular complexity index is 811. The molecule has 25 heavy (non-hydrogen) atoms. The van der Waals surface area contributed by atoms with Gasteiger partial charge < -0.3 is 9.42 Å². The number of carbonyl (C=O) groups is 1. The van der Waals surface area contributed by atoms with Crippen LogP contribution in [0.3, 0.4) is 0 Å². The van der Waals surface area contributed by atoms with Gasteiger partial charge in [-0.25, -0.2) is 0 Å². The molecule has 1 aromatic carbocycles. The predicted octanol–water partition coefficient (Wildman–Crippen LogP) is 3.72. The van der Waals surface area contributed by atoms with Gasteiger partial charge in [-0.3, -0.25) is 4.79 Å². The van der Waals surface area contributed by atoms with Crippen LogP contribution in [0.2, 0.25) is 0 Å². The van der Waals surface area contributed by atoms with Crippen molar-refractivity contribution in [3.8, 4) is 0 Å². The van der Waals surface area contributed by atoms with Gasteiger partial charge in [0.05, 0.1) is 6.04 Å². The number of benzene rings is 1. The van der Waals surface area contributed by atoms with E-state index in [1.165, 1.54) is 11.1 Å². The van der Waals surface area contributed by atoms with E-state index in [4.69, 9.17) is 4.52 Å². The van der Waals surface area contributed by atoms with E-state index in [9.17, 15) is 4.79 Å². The summed E-state index contributed by atoms with van der Waals surface area (Å²) >= 11 is 0. The highest BCUT2D eigenvalue weighted by molar-refractivity contribution is 5.83. The fraction of sp³-hybridized carbons (Fsp3) is 0.550. The Morgan fingerprint density at radius 1 is 1.28 bits per heavy atom. The number of rotatable bonds is 4. The Labute approximate surface area is 147 Å². The average molecular weight is 337 g/mol. The topological polar surface area (TPSA) is 59.2 Å². The van der Waals surface area contributed by atoms with Gasteiger partial charge in [0.1, 0.15) is 0 Å². The highest BCUT2D eigenvalue weighted by Gasteiger charge is 2.48. The maximum atomic E-state index is 13.1. The quantitative estimate of drug-likeness (QED) is 0.853. The van der Waals surface area contributed by atoms with Crippen molar-refractivity contribution < 1.29 is 9.32 Å². The van der Waals surface area contributed by atoms with Gasteiger partial charge in [0, 0.05) is 18.4 Å². The molecule has 0 spiro atoms. The van der Waals surface area contributed by atoms with E-state index in [0.717, 1.165) is 44.5 Å². The number of carbonyl (C=O) groups excluding carboxylic acids is 1. The molecule has 0 N–H and O–H groups in total. The summed E-state index contributed by atoms with van der Waals surface area (Å²) < 4.78 is 5.41. The number of nitrogens with zero attached hydrogens (tertiary/aromatic N) is 3. The molecule has 5 nitrogen and oxygen atoms in total. The Hall–Kier alpha value is -2.17. The molecule has 2 heterocycles. The Kier molecular flexibility index (Phi) is 3.43. The summed E-state index contributed by atoms with van der Waals surface area (Å²) in [5, 5.41) is 4.18. The van der Waals surface area contributed by atoms with E-state index in [1.807, 2.05) is 4.90 Å². The fourth-order valence-corrected chi connectivity index (χ4v) is 4.13. The van der Waals surface area contributed by atoms with Crippen LogP contribution >= 0.6 is 0 Å². The fourth-order valence-electron chi connectivity index (χ4n) is 4.13. The molecule has 5 rings (SSSR count). The first kappa shape index (κ1) is 15.1. The van der Waals surface area contributed by atoms with Crippen molar-refractivity contribution in [3.63, 3.8) is 0 Å². The zero-order valence-corrected chi connectivity index (χ0v) is 14.5. The summed E-state index contributed by atoms with van der Waals surface area (Å²) in [5.41, 5.74) is 2.55. The molecule has 2 saturated carbocycles. The Morgan fingerprint density at radius 2 is 2.16 bits per heavy atom. The second-order valence-corrected chi connectivity index (χ2v) is 7.82. The summed E-state index contributed by atoms with van der Waals surface area (Å²) in [5.74, 6) is 2.70. The number of aryl methyl sites for hydroxylation is 1. The summed E-state index contributed by atoms with van der Waals surface area (Å²) in [6.45, 7) is 2.92. The van der Waals surface area contributed by atoms with Crippen LogP contribution in [0.1, 0.15) is 72.8 Å². The van der Waals surface area contributed by atoms with Crippen LogP contribution in [0.15, 0.2) is 28.8 Å². The normalized spacial score (nSPS) is 28.4. The van der Waals surface area contributed by atoms with Crippen LogP contribution < -0.4 is 0 Å². The summed E-state index contributed by atoms with van der Waals surface area (Å²) in [6.07, 6.45) is 5.22. The molecule has 0 radical (unpaired) electrons. The number of amides is 1. The van der Waals surface area contributed by atoms with E-state index in [0.29, 0.717) is 17.7 Å². The van der Waals surface area contributed by atoms with Crippen molar-refractivity contribution in [2.75, 3.05) is 6.54 Å². The molecule has 3 atom stereocenters. The minimum atomic E-state index is 0.00232. The largest absolute Gasteiger partial charge is 0.339 e. The van der Waals surface area contributed by atoms with Gasteiger partial charge in [-0.05, 0) is 50.5 Å². The second kappa shape index (κ2) is 5.68. The van der Waals surface area contributed by atoms with Gasteiger partial charge in [0.15, 0.2) is 5.82 Å². The van der Waals surface area contributed by atoms with Crippen LogP contribution in [-0.2, 0) is 4.79 Å². The van der Waals surface area contributed by atoms with Gasteiger partial charge in [-0.1, -0.05) is 35.0 Å². The molecular weight excluding hydrogens is 314 g/mol. The lowest BCUT2D eigenvalue weighted by atomic mass is 10.1. The van der Waals surface area contributed by atoms with Crippen molar-refractivity contribution >= 4 is 5.91 Å². The maximum absolute atomic E-state index is 13.1. The molecular formula is C20H23N3O2. The third-order valence-corrected chi connectivity index (χ3v) is 5.80. The standard InChI is InChI=1S/C20H23N3O2/c1-12-4-2-5-14(10-12)15-11-16(15)20(24)23-9-3-6-17(23)18-21-19(25-22-18)13-7-8-13/h2,4-5,10,13,15-17H,3,6-9,11H2,1H3/t15-,16+,17-/m0/s1. The number of hydrogen-bond acceptors (Lipinski definition) is 4. The molecule has 1 saturated heterocycles. The van der Waals surface area contributed by atoms with Gasteiger partial charge in [-0.15, -0.1) is 0 Å². The predicted molar refractivity (Wildman–Crippen MR) is 92.0 cm³/mol. The van der Waals surface area contributed by atoms with Crippen LogP contribution in [0.4, 0.5) is 0 Å². The van der Waals surface area contributed by atoms with Crippen molar-refractivity contribution in [1.82, 2.24) is 15.0 Å². The van der Waals surface area contributed by atoms with E-state index in [2.05, 4.69) is 41.3 Å². The number of aromatic nitrogens is 2. The summed E-state index contributed by atoms with van der Waals surface area (Å²) in [7, 11) is 0. The van der Waals surface area contributed by atoms with Gasteiger partial charge >= 0.3 is 0 Å². The lowest BCUT2D eigenvalue weighted by Crippen LogP contribution is -2.32. The van der Waals surface area contributed by atoms with E-state index in [1.54, 1.807) is 0 Å². The third kappa shape index (κ3) is 2.75. The first-order valence-corrected chi connectivity index (χ1v) is 9.41. The number of likely N-dealkylation sites (tertiary alicyclic amines) is 1. The van der Waals surface area contributed by atoms with Crippen LogP contribution in [-0.4, -0.2) is 27.5 Å². The minimum Gasteiger partial charge on any atom is -0.339 e. The third-order valence-electron chi connectivity index (χ3n) is 5.80. The first-order valence-electron chi connectivity index (χ1n) is 9.41. The van der Waals surface area contributed by atoms with Gasteiger partial charge in [-0.2, -0.15) is 4.98 Å². The van der Waals surface area contributed by atoms with Crippen molar-refractivity contribution in [2.24, 2.45) is 5.92 Å². The zero-order chi connectivity index (χ0) is 17.0. The highest BCUT2D eigenvalue weighted by atomic mass is 16.5. The van der Waals surface area contributed by atoms with E-state index in [-0.39, 0.29) is 17.9 Å².